The van der Waals surface area contributed by atoms with Crippen LogP contribution in [-0.4, -0.2) is 11.4 Å². The molecule has 0 saturated heterocycles. The Morgan fingerprint density at radius 1 is 0.581 bits per heavy atom. The molecule has 3 heterocycles. The number of nitrogens with zero attached hydrogens (tertiary/aromatic N) is 2. The van der Waals surface area contributed by atoms with E-state index in [-0.39, 0.29) is 6.79 Å². The molecule has 1 aliphatic rings. The molecule has 5 nitrogen and oxygen atoms in total. The highest BCUT2D eigenvalue weighted by atomic mass is 16.7. The molecule has 9 rings (SSSR count). The number of benzene rings is 6. The summed E-state index contributed by atoms with van der Waals surface area (Å²) in [5.41, 5.74) is 9.60. The van der Waals surface area contributed by atoms with Crippen molar-refractivity contribution in [2.24, 2.45) is 0 Å². The Morgan fingerprint density at radius 3 is 2.21 bits per heavy atom. The van der Waals surface area contributed by atoms with Crippen molar-refractivity contribution < 1.29 is 13.9 Å². The third-order valence-electron chi connectivity index (χ3n) is 8.42. The second-order valence-corrected chi connectivity index (χ2v) is 10.7. The van der Waals surface area contributed by atoms with Gasteiger partial charge in [0.2, 0.25) is 6.79 Å². The maximum Gasteiger partial charge on any atom is 0.230 e. The fraction of sp³-hybridized carbons (Fsp3) is 0.0263. The Hall–Kier alpha value is -5.99. The second-order valence-electron chi connectivity index (χ2n) is 10.7. The Bertz CT molecular complexity index is 2460. The van der Waals surface area contributed by atoms with Gasteiger partial charge < -0.3 is 18.5 Å². The first-order valence-corrected chi connectivity index (χ1v) is 14.1. The Balaban J connectivity index is 1.27. The highest BCUT2D eigenvalue weighted by Crippen LogP contribution is 2.45. The number of rotatable bonds is 2. The van der Waals surface area contributed by atoms with Crippen LogP contribution in [0.4, 0.5) is 5.69 Å². The van der Waals surface area contributed by atoms with Crippen molar-refractivity contribution in [1.29, 1.82) is 0 Å². The van der Waals surface area contributed by atoms with E-state index in [0.29, 0.717) is 5.69 Å². The summed E-state index contributed by atoms with van der Waals surface area (Å²) in [5.74, 6) is 1.54. The van der Waals surface area contributed by atoms with Gasteiger partial charge in [0.05, 0.1) is 17.6 Å². The predicted molar refractivity (Wildman–Crippen MR) is 171 cm³/mol. The van der Waals surface area contributed by atoms with Gasteiger partial charge in [-0.2, -0.15) is 0 Å². The smallest absolute Gasteiger partial charge is 0.230 e. The number of hydrogen-bond donors (Lipinski definition) is 0. The van der Waals surface area contributed by atoms with Gasteiger partial charge in [0.25, 0.3) is 0 Å². The maximum atomic E-state index is 7.53. The minimum atomic E-state index is 0.134. The molecule has 0 N–H and O–H groups in total. The van der Waals surface area contributed by atoms with Crippen molar-refractivity contribution in [3.8, 4) is 39.4 Å². The lowest BCUT2D eigenvalue weighted by Crippen LogP contribution is -2.03. The summed E-state index contributed by atoms with van der Waals surface area (Å²) >= 11 is 0. The van der Waals surface area contributed by atoms with E-state index in [1.165, 1.54) is 0 Å². The molecule has 1 aliphatic heterocycles. The average molecular weight is 555 g/mol. The molecule has 0 unspecified atom stereocenters. The van der Waals surface area contributed by atoms with Gasteiger partial charge in [-0.15, -0.1) is 0 Å². The third kappa shape index (κ3) is 3.51. The van der Waals surface area contributed by atoms with Gasteiger partial charge in [0, 0.05) is 33.0 Å². The van der Waals surface area contributed by atoms with E-state index in [1.54, 1.807) is 0 Å². The molecule has 6 aromatic carbocycles. The van der Waals surface area contributed by atoms with E-state index in [4.69, 9.17) is 20.5 Å². The number of para-hydroxylation sites is 2. The Kier molecular flexibility index (Phi) is 4.96. The molecule has 0 saturated carbocycles. The van der Waals surface area contributed by atoms with Gasteiger partial charge in [-0.05, 0) is 77.2 Å². The first-order valence-electron chi connectivity index (χ1n) is 14.1. The fourth-order valence-corrected chi connectivity index (χ4v) is 6.51. The highest BCUT2D eigenvalue weighted by molar-refractivity contribution is 6.13. The van der Waals surface area contributed by atoms with Crippen LogP contribution in [0.3, 0.4) is 0 Å². The second kappa shape index (κ2) is 9.01. The molecular weight excluding hydrogens is 532 g/mol. The van der Waals surface area contributed by atoms with Crippen LogP contribution in [0.15, 0.2) is 126 Å². The lowest BCUT2D eigenvalue weighted by molar-refractivity contribution is 0.125. The first-order chi connectivity index (χ1) is 21.3. The van der Waals surface area contributed by atoms with Crippen molar-refractivity contribution in [1.82, 2.24) is 4.57 Å². The summed E-state index contributed by atoms with van der Waals surface area (Å²) in [7, 11) is 0. The van der Waals surface area contributed by atoms with Crippen LogP contribution < -0.4 is 9.47 Å². The van der Waals surface area contributed by atoms with E-state index in [2.05, 4.69) is 64.0 Å². The molecule has 0 spiro atoms. The molecule has 2 aromatic heterocycles. The molecule has 8 aromatic rings. The van der Waals surface area contributed by atoms with Crippen LogP contribution in [0, 0.1) is 6.57 Å². The molecule has 0 aliphatic carbocycles. The summed E-state index contributed by atoms with van der Waals surface area (Å²) in [6.07, 6.45) is 0. The lowest BCUT2D eigenvalue weighted by atomic mass is 9.94. The molecule has 5 heteroatoms. The summed E-state index contributed by atoms with van der Waals surface area (Å²) in [6.45, 7) is 7.67. The van der Waals surface area contributed by atoms with Crippen LogP contribution in [-0.2, 0) is 0 Å². The lowest BCUT2D eigenvalue weighted by Gasteiger charge is -2.14. The molecule has 0 amide bonds. The zero-order chi connectivity index (χ0) is 28.5. The monoisotopic (exact) mass is 554 g/mol. The molecule has 0 atom stereocenters. The van der Waals surface area contributed by atoms with Crippen molar-refractivity contribution >= 4 is 49.4 Å². The van der Waals surface area contributed by atoms with E-state index < -0.39 is 0 Å². The van der Waals surface area contributed by atoms with Gasteiger partial charge in [-0.3, -0.25) is 0 Å². The number of hydrogen-bond acceptors (Lipinski definition) is 3. The SMILES string of the molecule is [C-]#[N+]c1ccc2c(c1)c1ccccc1n2-c1ccc2c(c1)-c1cc(-c3cccc4oc5ccccc5c34)ccc1OCO2. The van der Waals surface area contributed by atoms with E-state index in [0.717, 1.165) is 83.2 Å². The largest absolute Gasteiger partial charge is 0.457 e. The molecule has 0 bridgehead atoms. The third-order valence-corrected chi connectivity index (χ3v) is 8.42. The van der Waals surface area contributed by atoms with E-state index in [1.807, 2.05) is 66.7 Å². The minimum Gasteiger partial charge on any atom is -0.457 e. The predicted octanol–water partition coefficient (Wildman–Crippen LogP) is 10.3. The zero-order valence-corrected chi connectivity index (χ0v) is 22.9. The van der Waals surface area contributed by atoms with Crippen LogP contribution in [0.5, 0.6) is 11.5 Å². The van der Waals surface area contributed by atoms with Crippen LogP contribution >= 0.6 is 0 Å². The summed E-state index contributed by atoms with van der Waals surface area (Å²) < 4.78 is 20.6. The molecule has 43 heavy (non-hydrogen) atoms. The normalized spacial score (nSPS) is 12.4. The first kappa shape index (κ1) is 23.7. The van der Waals surface area contributed by atoms with Crippen molar-refractivity contribution in [2.45, 2.75) is 0 Å². The van der Waals surface area contributed by atoms with Crippen LogP contribution in [0.1, 0.15) is 0 Å². The number of fused-ring (bicyclic) bond motifs is 9. The average Bonchev–Trinajstić information content (AvgIpc) is 3.54. The van der Waals surface area contributed by atoms with Crippen molar-refractivity contribution in [3.05, 3.63) is 133 Å². The van der Waals surface area contributed by atoms with Gasteiger partial charge >= 0.3 is 0 Å². The fourth-order valence-electron chi connectivity index (χ4n) is 6.51. The molecule has 0 fully saturated rings. The van der Waals surface area contributed by atoms with Crippen molar-refractivity contribution in [2.75, 3.05) is 6.79 Å². The maximum absolute atomic E-state index is 7.53. The summed E-state index contributed by atoms with van der Waals surface area (Å²) in [6, 6.07) is 41.2. The zero-order valence-electron chi connectivity index (χ0n) is 22.9. The topological polar surface area (TPSA) is 40.9 Å². The number of aromatic nitrogens is 1. The molecule has 202 valence electrons. The van der Waals surface area contributed by atoms with Gasteiger partial charge in [0.1, 0.15) is 22.7 Å². The number of furan rings is 1. The van der Waals surface area contributed by atoms with E-state index in [9.17, 15) is 0 Å². The molecule has 0 radical (unpaired) electrons. The number of ether oxygens (including phenoxy) is 2. The van der Waals surface area contributed by atoms with Crippen LogP contribution in [0.2, 0.25) is 0 Å². The van der Waals surface area contributed by atoms with Crippen LogP contribution in [0.25, 0.3) is 76.5 Å². The van der Waals surface area contributed by atoms with E-state index >= 15 is 0 Å². The Morgan fingerprint density at radius 2 is 1.33 bits per heavy atom. The Labute approximate surface area is 246 Å². The summed E-state index contributed by atoms with van der Waals surface area (Å²) in [5, 5.41) is 4.36. The van der Waals surface area contributed by atoms with Gasteiger partial charge in [-0.25, -0.2) is 4.85 Å². The van der Waals surface area contributed by atoms with Crippen molar-refractivity contribution in [3.63, 3.8) is 0 Å². The minimum absolute atomic E-state index is 0.134. The summed E-state index contributed by atoms with van der Waals surface area (Å²) in [4.78, 5) is 3.67. The van der Waals surface area contributed by atoms with Gasteiger partial charge in [0.15, 0.2) is 5.69 Å². The quantitative estimate of drug-likeness (QED) is 0.200. The standard InChI is InChI=1S/C38H22N2O3/c1-39-24-14-16-33-29(20-24)27-7-2-4-10-32(27)40(33)25-15-18-35-31(21-25)30-19-23(13-17-34(30)41-22-42-35)26-9-6-12-37-38(26)28-8-3-5-11-36(28)43-37/h2-21H,22H2. The highest BCUT2D eigenvalue weighted by Gasteiger charge is 2.21. The van der Waals surface area contributed by atoms with Gasteiger partial charge in [-0.1, -0.05) is 60.7 Å². The molecular formula is C38H22N2O3.